The highest BCUT2D eigenvalue weighted by Gasteiger charge is 2.36. The van der Waals surface area contributed by atoms with Crippen LogP contribution in [0.4, 0.5) is 5.82 Å². The van der Waals surface area contributed by atoms with E-state index in [4.69, 9.17) is 14.5 Å². The molecule has 1 N–H and O–H groups in total. The van der Waals surface area contributed by atoms with Crippen molar-refractivity contribution in [2.24, 2.45) is 5.92 Å². The van der Waals surface area contributed by atoms with Gasteiger partial charge in [-0.3, -0.25) is 14.6 Å². The summed E-state index contributed by atoms with van der Waals surface area (Å²) >= 11 is 0. The zero-order valence-corrected chi connectivity index (χ0v) is 20.9. The average Bonchev–Trinajstić information content (AvgIpc) is 2.84. The number of carbonyl (C=O) groups is 2. The zero-order valence-electron chi connectivity index (χ0n) is 20.9. The molecule has 0 unspecified atom stereocenters. The predicted octanol–water partition coefficient (Wildman–Crippen LogP) is 3.52. The number of nitrogens with one attached hydrogen (secondary N) is 1. The third kappa shape index (κ3) is 5.33. The second kappa shape index (κ2) is 10.2. The van der Waals surface area contributed by atoms with E-state index >= 15 is 0 Å². The van der Waals surface area contributed by atoms with Gasteiger partial charge in [-0.2, -0.15) is 0 Å². The number of carbonyl (C=O) groups excluding carboxylic acids is 2. The van der Waals surface area contributed by atoms with E-state index in [2.05, 4.69) is 41.2 Å². The summed E-state index contributed by atoms with van der Waals surface area (Å²) in [5, 5.41) is 5.02. The highest BCUT2D eigenvalue weighted by molar-refractivity contribution is 5.88. The fraction of sp³-hybridized carbons (Fsp3) is 0.429. The molecule has 0 spiro atoms. The summed E-state index contributed by atoms with van der Waals surface area (Å²) in [6, 6.07) is 14.3. The molecule has 2 atom stereocenters. The minimum absolute atomic E-state index is 0.0180. The van der Waals surface area contributed by atoms with Crippen molar-refractivity contribution in [1.82, 2.24) is 15.3 Å². The lowest BCUT2D eigenvalue weighted by molar-refractivity contribution is -0.149. The molecule has 8 nitrogen and oxygen atoms in total. The second-order valence-electron chi connectivity index (χ2n) is 9.91. The van der Waals surface area contributed by atoms with Crippen molar-refractivity contribution in [3.63, 3.8) is 0 Å². The second-order valence-corrected chi connectivity index (χ2v) is 9.91. The van der Waals surface area contributed by atoms with Gasteiger partial charge in [0.05, 0.1) is 43.0 Å². The topological polar surface area (TPSA) is 93.7 Å². The predicted molar refractivity (Wildman–Crippen MR) is 138 cm³/mol. The number of nitrogens with zero attached hydrogens (tertiary/aromatic N) is 3. The molecule has 0 bridgehead atoms. The number of morpholine rings is 1. The van der Waals surface area contributed by atoms with Gasteiger partial charge in [0.2, 0.25) is 5.91 Å². The Balaban J connectivity index is 1.28. The van der Waals surface area contributed by atoms with Crippen LogP contribution in [0, 0.1) is 5.92 Å². The van der Waals surface area contributed by atoms with Crippen molar-refractivity contribution < 1.29 is 19.1 Å². The van der Waals surface area contributed by atoms with Gasteiger partial charge in [-0.1, -0.05) is 18.2 Å². The number of esters is 1. The van der Waals surface area contributed by atoms with E-state index in [0.29, 0.717) is 18.5 Å². The van der Waals surface area contributed by atoms with Crippen molar-refractivity contribution in [1.29, 1.82) is 0 Å². The first-order valence-corrected chi connectivity index (χ1v) is 12.5. The van der Waals surface area contributed by atoms with E-state index in [1.165, 1.54) is 7.11 Å². The maximum atomic E-state index is 12.5. The normalized spacial score (nSPS) is 23.7. The van der Waals surface area contributed by atoms with Crippen molar-refractivity contribution in [2.45, 2.75) is 51.4 Å². The standard InChI is InChI=1S/C28H32N4O4/c1-17-15-32(16-18(2)36-17)26-6-4-5-25(31-26)19-7-8-20-14-29-23(10-21(20)9-19)13-27(33)30-24-11-22(12-24)28(34)35-3/h4-10,14,17-18,22,24H,11-13,15-16H2,1-3H3,(H,30,33)/t17-,18+,22?,24?. The number of hydrogen-bond acceptors (Lipinski definition) is 7. The van der Waals surface area contributed by atoms with Gasteiger partial charge in [0.15, 0.2) is 0 Å². The maximum Gasteiger partial charge on any atom is 0.308 e. The van der Waals surface area contributed by atoms with Crippen LogP contribution < -0.4 is 10.2 Å². The highest BCUT2D eigenvalue weighted by atomic mass is 16.5. The Kier molecular flexibility index (Phi) is 6.87. The van der Waals surface area contributed by atoms with Gasteiger partial charge in [-0.15, -0.1) is 0 Å². The van der Waals surface area contributed by atoms with Crippen molar-refractivity contribution in [2.75, 3.05) is 25.1 Å². The Morgan fingerprint density at radius 3 is 2.61 bits per heavy atom. The summed E-state index contributed by atoms with van der Waals surface area (Å²) in [4.78, 5) is 35.8. The molecule has 0 radical (unpaired) electrons. The third-order valence-corrected chi connectivity index (χ3v) is 6.93. The first-order valence-electron chi connectivity index (χ1n) is 12.5. The Hall–Kier alpha value is -3.52. The molecular formula is C28H32N4O4. The number of pyridine rings is 2. The molecule has 3 heterocycles. The van der Waals surface area contributed by atoms with Gasteiger partial charge in [0.25, 0.3) is 0 Å². The molecule has 1 saturated carbocycles. The summed E-state index contributed by atoms with van der Waals surface area (Å²) in [6.07, 6.45) is 3.59. The first kappa shape index (κ1) is 24.2. The van der Waals surface area contributed by atoms with E-state index in [9.17, 15) is 9.59 Å². The molecule has 36 heavy (non-hydrogen) atoms. The largest absolute Gasteiger partial charge is 0.469 e. The average molecular weight is 489 g/mol. The highest BCUT2D eigenvalue weighted by Crippen LogP contribution is 2.29. The van der Waals surface area contributed by atoms with Crippen molar-refractivity contribution >= 4 is 28.5 Å². The van der Waals surface area contributed by atoms with Gasteiger partial charge in [-0.05, 0) is 56.3 Å². The van der Waals surface area contributed by atoms with Crippen LogP contribution in [0.5, 0.6) is 0 Å². The van der Waals surface area contributed by atoms with Gasteiger partial charge in [0, 0.05) is 36.3 Å². The number of benzene rings is 1. The summed E-state index contributed by atoms with van der Waals surface area (Å²) in [5.41, 5.74) is 2.63. The Morgan fingerprint density at radius 1 is 1.08 bits per heavy atom. The molecule has 8 heteroatoms. The van der Waals surface area contributed by atoms with Crippen molar-refractivity contribution in [3.05, 3.63) is 54.4 Å². The lowest BCUT2D eigenvalue weighted by atomic mass is 9.80. The Bertz CT molecular complexity index is 1260. The molecule has 1 aromatic carbocycles. The lowest BCUT2D eigenvalue weighted by Gasteiger charge is -2.36. The molecule has 2 fully saturated rings. The monoisotopic (exact) mass is 488 g/mol. The minimum atomic E-state index is -0.207. The quantitative estimate of drug-likeness (QED) is 0.531. The van der Waals surface area contributed by atoms with E-state index in [1.54, 1.807) is 6.20 Å². The van der Waals surface area contributed by atoms with Crippen LogP contribution in [0.3, 0.4) is 0 Å². The lowest BCUT2D eigenvalue weighted by Crippen LogP contribution is -2.47. The van der Waals surface area contributed by atoms with Gasteiger partial charge in [0.1, 0.15) is 5.82 Å². The van der Waals surface area contributed by atoms with Crippen LogP contribution in [0.1, 0.15) is 32.4 Å². The molecule has 1 aliphatic carbocycles. The number of rotatable bonds is 6. The van der Waals surface area contributed by atoms with Crippen LogP contribution in [0.25, 0.3) is 22.0 Å². The molecule has 1 aliphatic heterocycles. The molecule has 1 amide bonds. The molecule has 1 saturated heterocycles. The first-order chi connectivity index (χ1) is 17.4. The van der Waals surface area contributed by atoms with E-state index < -0.39 is 0 Å². The Labute approximate surface area is 211 Å². The molecule has 188 valence electrons. The summed E-state index contributed by atoms with van der Waals surface area (Å²) < 4.78 is 10.6. The number of amides is 1. The Morgan fingerprint density at radius 2 is 1.86 bits per heavy atom. The van der Waals surface area contributed by atoms with E-state index in [1.807, 2.05) is 30.3 Å². The van der Waals surface area contributed by atoms with E-state index in [0.717, 1.165) is 40.9 Å². The molecule has 2 aliphatic rings. The number of aromatic nitrogens is 2. The van der Waals surface area contributed by atoms with Crippen LogP contribution >= 0.6 is 0 Å². The smallest absolute Gasteiger partial charge is 0.308 e. The van der Waals surface area contributed by atoms with Crippen LogP contribution in [-0.4, -0.2) is 60.3 Å². The third-order valence-electron chi connectivity index (χ3n) is 6.93. The SMILES string of the molecule is COC(=O)C1CC(NC(=O)Cc2cc3cc(-c4cccc(N5C[C@@H](C)O[C@@H](C)C5)n4)ccc3cn2)C1. The van der Waals surface area contributed by atoms with Gasteiger partial charge in [-0.25, -0.2) is 4.98 Å². The van der Waals surface area contributed by atoms with Crippen LogP contribution in [0.2, 0.25) is 0 Å². The number of anilines is 1. The van der Waals surface area contributed by atoms with Gasteiger partial charge >= 0.3 is 5.97 Å². The fourth-order valence-electron chi connectivity index (χ4n) is 5.11. The maximum absolute atomic E-state index is 12.5. The minimum Gasteiger partial charge on any atom is -0.469 e. The number of fused-ring (bicyclic) bond motifs is 1. The summed E-state index contributed by atoms with van der Waals surface area (Å²) in [5.74, 6) is 0.544. The molecule has 3 aromatic rings. The molecule has 5 rings (SSSR count). The number of methoxy groups -OCH3 is 1. The number of hydrogen-bond donors (Lipinski definition) is 1. The van der Waals surface area contributed by atoms with E-state index in [-0.39, 0.29) is 42.5 Å². The summed E-state index contributed by atoms with van der Waals surface area (Å²) in [7, 11) is 1.39. The molecule has 2 aromatic heterocycles. The fourth-order valence-corrected chi connectivity index (χ4v) is 5.11. The number of ether oxygens (including phenoxy) is 2. The van der Waals surface area contributed by atoms with Crippen LogP contribution in [0.15, 0.2) is 48.7 Å². The van der Waals surface area contributed by atoms with Gasteiger partial charge < -0.3 is 19.7 Å². The molecular weight excluding hydrogens is 456 g/mol. The van der Waals surface area contributed by atoms with Crippen LogP contribution in [-0.2, 0) is 25.5 Å². The van der Waals surface area contributed by atoms with Crippen molar-refractivity contribution in [3.8, 4) is 11.3 Å². The zero-order chi connectivity index (χ0) is 25.2. The summed E-state index contributed by atoms with van der Waals surface area (Å²) in [6.45, 7) is 5.82.